The highest BCUT2D eigenvalue weighted by Gasteiger charge is 2.02. The number of aliphatic carboxylic acids is 1. The summed E-state index contributed by atoms with van der Waals surface area (Å²) in [7, 11) is 0. The molecular formula is C13H12N2O3. The molecule has 1 aromatic heterocycles. The molecule has 2 rings (SSSR count). The van der Waals surface area contributed by atoms with Gasteiger partial charge in [-0.15, -0.1) is 5.10 Å². The molecule has 0 saturated heterocycles. The molecule has 0 fully saturated rings. The van der Waals surface area contributed by atoms with Crippen molar-refractivity contribution in [2.75, 3.05) is 0 Å². The van der Waals surface area contributed by atoms with Gasteiger partial charge in [0.05, 0.1) is 12.1 Å². The molecule has 0 unspecified atom stereocenters. The van der Waals surface area contributed by atoms with Gasteiger partial charge in [0.1, 0.15) is 5.75 Å². The van der Waals surface area contributed by atoms with E-state index in [9.17, 15) is 4.79 Å². The summed E-state index contributed by atoms with van der Waals surface area (Å²) in [6.45, 7) is 1.84. The third kappa shape index (κ3) is 3.28. The van der Waals surface area contributed by atoms with Crippen LogP contribution in [0.3, 0.4) is 0 Å². The Morgan fingerprint density at radius 3 is 2.44 bits per heavy atom. The minimum Gasteiger partial charge on any atom is -0.481 e. The molecule has 2 aromatic rings. The first-order valence-corrected chi connectivity index (χ1v) is 5.42. The Morgan fingerprint density at radius 1 is 1.17 bits per heavy atom. The second kappa shape index (κ2) is 5.27. The molecule has 0 aliphatic rings. The van der Waals surface area contributed by atoms with Gasteiger partial charge in [0, 0.05) is 6.07 Å². The lowest BCUT2D eigenvalue weighted by atomic mass is 10.1. The van der Waals surface area contributed by atoms with Gasteiger partial charge in [-0.1, -0.05) is 12.1 Å². The molecule has 5 nitrogen and oxygen atoms in total. The molecule has 18 heavy (non-hydrogen) atoms. The van der Waals surface area contributed by atoms with Crippen molar-refractivity contribution in [2.45, 2.75) is 13.3 Å². The summed E-state index contributed by atoms with van der Waals surface area (Å²) in [4.78, 5) is 10.5. The fraction of sp³-hybridized carbons (Fsp3) is 0.154. The molecule has 1 aromatic carbocycles. The van der Waals surface area contributed by atoms with Crippen LogP contribution in [-0.4, -0.2) is 21.3 Å². The van der Waals surface area contributed by atoms with E-state index in [0.717, 1.165) is 11.3 Å². The van der Waals surface area contributed by atoms with Crippen LogP contribution >= 0.6 is 0 Å². The van der Waals surface area contributed by atoms with Gasteiger partial charge < -0.3 is 9.84 Å². The summed E-state index contributed by atoms with van der Waals surface area (Å²) in [5.74, 6) is 0.155. The third-order valence-corrected chi connectivity index (χ3v) is 2.27. The van der Waals surface area contributed by atoms with E-state index in [1.54, 1.807) is 36.4 Å². The number of aromatic nitrogens is 2. The maximum absolute atomic E-state index is 10.5. The minimum absolute atomic E-state index is 0.00458. The Kier molecular flexibility index (Phi) is 3.52. The number of carboxylic acid groups (broad SMARTS) is 1. The maximum atomic E-state index is 10.5. The smallest absolute Gasteiger partial charge is 0.307 e. The predicted molar refractivity (Wildman–Crippen MR) is 64.6 cm³/mol. The van der Waals surface area contributed by atoms with Crippen molar-refractivity contribution in [3.8, 4) is 11.6 Å². The van der Waals surface area contributed by atoms with Gasteiger partial charge in [-0.2, -0.15) is 5.10 Å². The summed E-state index contributed by atoms with van der Waals surface area (Å²) >= 11 is 0. The van der Waals surface area contributed by atoms with Gasteiger partial charge in [0.15, 0.2) is 0 Å². The van der Waals surface area contributed by atoms with Gasteiger partial charge in [0.25, 0.3) is 0 Å². The molecule has 1 heterocycles. The van der Waals surface area contributed by atoms with Crippen molar-refractivity contribution in [1.82, 2.24) is 10.2 Å². The molecule has 1 N–H and O–H groups in total. The SMILES string of the molecule is Cc1ccc(Oc2ccc(CC(=O)O)cc2)nn1. The molecule has 92 valence electrons. The normalized spacial score (nSPS) is 10.1. The molecule has 0 aliphatic carbocycles. The average Bonchev–Trinajstić information content (AvgIpc) is 2.34. The van der Waals surface area contributed by atoms with E-state index in [1.807, 2.05) is 6.92 Å². The van der Waals surface area contributed by atoms with Crippen LogP contribution in [0.2, 0.25) is 0 Å². The molecule has 0 aliphatic heterocycles. The fourth-order valence-electron chi connectivity index (χ4n) is 1.41. The topological polar surface area (TPSA) is 72.3 Å². The van der Waals surface area contributed by atoms with Crippen LogP contribution in [0.5, 0.6) is 11.6 Å². The zero-order valence-electron chi connectivity index (χ0n) is 9.83. The van der Waals surface area contributed by atoms with Crippen LogP contribution < -0.4 is 4.74 Å². The largest absolute Gasteiger partial charge is 0.481 e. The molecule has 0 bridgehead atoms. The summed E-state index contributed by atoms with van der Waals surface area (Å²) in [5.41, 5.74) is 1.55. The molecule has 0 amide bonds. The van der Waals surface area contributed by atoms with Crippen molar-refractivity contribution in [1.29, 1.82) is 0 Å². The van der Waals surface area contributed by atoms with E-state index in [2.05, 4.69) is 10.2 Å². The van der Waals surface area contributed by atoms with E-state index in [1.165, 1.54) is 0 Å². The highest BCUT2D eigenvalue weighted by molar-refractivity contribution is 5.70. The highest BCUT2D eigenvalue weighted by atomic mass is 16.5. The van der Waals surface area contributed by atoms with Crippen molar-refractivity contribution >= 4 is 5.97 Å². The first-order valence-electron chi connectivity index (χ1n) is 5.42. The first-order chi connectivity index (χ1) is 8.63. The Bertz CT molecular complexity index is 535. The van der Waals surface area contributed by atoms with Crippen molar-refractivity contribution in [2.24, 2.45) is 0 Å². The quantitative estimate of drug-likeness (QED) is 0.892. The van der Waals surface area contributed by atoms with E-state index in [-0.39, 0.29) is 6.42 Å². The fourth-order valence-corrected chi connectivity index (χ4v) is 1.41. The molecular weight excluding hydrogens is 232 g/mol. The van der Waals surface area contributed by atoms with E-state index < -0.39 is 5.97 Å². The number of nitrogens with zero attached hydrogens (tertiary/aromatic N) is 2. The van der Waals surface area contributed by atoms with E-state index in [4.69, 9.17) is 9.84 Å². The lowest BCUT2D eigenvalue weighted by Gasteiger charge is -2.04. The van der Waals surface area contributed by atoms with Crippen molar-refractivity contribution < 1.29 is 14.6 Å². The van der Waals surface area contributed by atoms with Gasteiger partial charge in [-0.3, -0.25) is 4.79 Å². The molecule has 0 radical (unpaired) electrons. The van der Waals surface area contributed by atoms with Gasteiger partial charge >= 0.3 is 5.97 Å². The Morgan fingerprint density at radius 2 is 1.89 bits per heavy atom. The number of benzene rings is 1. The molecule has 0 spiro atoms. The van der Waals surface area contributed by atoms with Crippen LogP contribution in [0.4, 0.5) is 0 Å². The number of carbonyl (C=O) groups is 1. The monoisotopic (exact) mass is 244 g/mol. The van der Waals surface area contributed by atoms with Gasteiger partial charge in [0.2, 0.25) is 5.88 Å². The Balaban J connectivity index is 2.06. The summed E-state index contributed by atoms with van der Waals surface area (Å²) in [6.07, 6.45) is 0.00458. The average molecular weight is 244 g/mol. The summed E-state index contributed by atoms with van der Waals surface area (Å²) in [6, 6.07) is 10.4. The van der Waals surface area contributed by atoms with Crippen LogP contribution in [-0.2, 0) is 11.2 Å². The van der Waals surface area contributed by atoms with Crippen LogP contribution in [0, 0.1) is 6.92 Å². The minimum atomic E-state index is -0.854. The van der Waals surface area contributed by atoms with Crippen LogP contribution in [0.15, 0.2) is 36.4 Å². The molecule has 0 atom stereocenters. The maximum Gasteiger partial charge on any atom is 0.307 e. The molecule has 5 heteroatoms. The molecule has 0 saturated carbocycles. The third-order valence-electron chi connectivity index (χ3n) is 2.27. The number of hydrogen-bond donors (Lipinski definition) is 1. The van der Waals surface area contributed by atoms with Gasteiger partial charge in [-0.25, -0.2) is 0 Å². The number of carboxylic acids is 1. The van der Waals surface area contributed by atoms with Crippen molar-refractivity contribution in [3.05, 3.63) is 47.7 Å². The lowest BCUT2D eigenvalue weighted by molar-refractivity contribution is -0.136. The van der Waals surface area contributed by atoms with Crippen LogP contribution in [0.25, 0.3) is 0 Å². The van der Waals surface area contributed by atoms with E-state index >= 15 is 0 Å². The Labute approximate surface area is 104 Å². The lowest BCUT2D eigenvalue weighted by Crippen LogP contribution is -1.99. The Hall–Kier alpha value is -2.43. The number of hydrogen-bond acceptors (Lipinski definition) is 4. The second-order valence-corrected chi connectivity index (χ2v) is 3.83. The highest BCUT2D eigenvalue weighted by Crippen LogP contribution is 2.19. The second-order valence-electron chi connectivity index (χ2n) is 3.83. The zero-order chi connectivity index (χ0) is 13.0. The standard InChI is InChI=1S/C13H12N2O3/c1-9-2-7-12(15-14-9)18-11-5-3-10(4-6-11)8-13(16)17/h2-7H,8H2,1H3,(H,16,17). The number of ether oxygens (including phenoxy) is 1. The van der Waals surface area contributed by atoms with Crippen LogP contribution in [0.1, 0.15) is 11.3 Å². The number of aryl methyl sites for hydroxylation is 1. The number of rotatable bonds is 4. The summed E-state index contributed by atoms with van der Waals surface area (Å²) in [5, 5.41) is 16.4. The summed E-state index contributed by atoms with van der Waals surface area (Å²) < 4.78 is 5.47. The van der Waals surface area contributed by atoms with Gasteiger partial charge in [-0.05, 0) is 30.7 Å². The van der Waals surface area contributed by atoms with Crippen molar-refractivity contribution in [3.63, 3.8) is 0 Å². The first kappa shape index (κ1) is 12.0. The predicted octanol–water partition coefficient (Wildman–Crippen LogP) is 2.20. The zero-order valence-corrected chi connectivity index (χ0v) is 9.83. The van der Waals surface area contributed by atoms with E-state index in [0.29, 0.717) is 11.6 Å².